The smallest absolute Gasteiger partial charge is 0.188 e. The summed E-state index contributed by atoms with van der Waals surface area (Å²) in [6.45, 7) is 7.40. The molecule has 0 amide bonds. The summed E-state index contributed by atoms with van der Waals surface area (Å²) < 4.78 is 2.20. The fraction of sp³-hybridized carbons (Fsp3) is 0.0312. The predicted octanol–water partition coefficient (Wildman–Crippen LogP) is 8.88. The number of fused-ring (bicyclic) bond motifs is 3. The summed E-state index contributed by atoms with van der Waals surface area (Å²) in [5.41, 5.74) is 10.2. The van der Waals surface area contributed by atoms with Crippen LogP contribution < -0.4 is 0 Å². The highest BCUT2D eigenvalue weighted by atomic mass is 14.9. The number of nitrogens with zero attached hydrogens (tertiary/aromatic N) is 2. The van der Waals surface area contributed by atoms with Crippen molar-refractivity contribution in [2.45, 2.75) is 0 Å². The number of hydrogen-bond acceptors (Lipinski definition) is 0. The lowest BCUT2D eigenvalue weighted by Gasteiger charge is -2.08. The van der Waals surface area contributed by atoms with Gasteiger partial charge in [-0.3, -0.25) is 0 Å². The van der Waals surface area contributed by atoms with Gasteiger partial charge in [0.05, 0.1) is 6.57 Å². The Bertz CT molecular complexity index is 1700. The maximum Gasteiger partial charge on any atom is 0.188 e. The fourth-order valence-corrected chi connectivity index (χ4v) is 4.82. The Morgan fingerprint density at radius 1 is 0.500 bits per heavy atom. The van der Waals surface area contributed by atoms with Crippen LogP contribution in [0.3, 0.4) is 0 Å². The van der Waals surface area contributed by atoms with Gasteiger partial charge in [0.1, 0.15) is 0 Å². The largest absolute Gasteiger partial charge is 0.344 e. The lowest BCUT2D eigenvalue weighted by molar-refractivity contribution is 1.01. The molecule has 0 unspecified atom stereocenters. The van der Waals surface area contributed by atoms with Gasteiger partial charge in [-0.05, 0) is 69.1 Å². The minimum Gasteiger partial charge on any atom is -0.344 e. The summed E-state index contributed by atoms with van der Waals surface area (Å²) in [6.07, 6.45) is 0. The summed E-state index contributed by atoms with van der Waals surface area (Å²) in [7, 11) is 2.08. The molecule has 0 aliphatic rings. The van der Waals surface area contributed by atoms with Crippen molar-refractivity contribution in [3.8, 4) is 33.4 Å². The minimum atomic E-state index is 0.673. The molecular weight excluding hydrogens is 412 g/mol. The van der Waals surface area contributed by atoms with Gasteiger partial charge in [0.25, 0.3) is 0 Å². The number of rotatable bonds is 3. The van der Waals surface area contributed by atoms with Gasteiger partial charge in [0, 0.05) is 23.5 Å². The van der Waals surface area contributed by atoms with Gasteiger partial charge < -0.3 is 4.57 Å². The molecule has 0 bridgehead atoms. The van der Waals surface area contributed by atoms with E-state index < -0.39 is 0 Å². The van der Waals surface area contributed by atoms with Crippen molar-refractivity contribution in [3.63, 3.8) is 0 Å². The second-order valence-corrected chi connectivity index (χ2v) is 8.63. The predicted molar refractivity (Wildman–Crippen MR) is 143 cm³/mol. The highest BCUT2D eigenvalue weighted by Gasteiger charge is 2.11. The van der Waals surface area contributed by atoms with Gasteiger partial charge in [0.2, 0.25) is 0 Å². The second kappa shape index (κ2) is 8.06. The van der Waals surface area contributed by atoms with Crippen molar-refractivity contribution in [3.05, 3.63) is 127 Å². The molecule has 6 aromatic rings. The van der Waals surface area contributed by atoms with E-state index in [9.17, 15) is 0 Å². The Morgan fingerprint density at radius 3 is 1.71 bits per heavy atom. The molecule has 0 N–H and O–H groups in total. The Morgan fingerprint density at radius 2 is 1.00 bits per heavy atom. The summed E-state index contributed by atoms with van der Waals surface area (Å²) in [4.78, 5) is 3.63. The van der Waals surface area contributed by atoms with Crippen LogP contribution in [0.2, 0.25) is 0 Å². The fourth-order valence-electron chi connectivity index (χ4n) is 4.82. The lowest BCUT2D eigenvalue weighted by Crippen LogP contribution is -1.86. The molecule has 5 aromatic carbocycles. The van der Waals surface area contributed by atoms with Crippen molar-refractivity contribution in [2.24, 2.45) is 7.05 Å². The van der Waals surface area contributed by atoms with Crippen LogP contribution in [0.15, 0.2) is 115 Å². The van der Waals surface area contributed by atoms with Crippen molar-refractivity contribution in [2.75, 3.05) is 0 Å². The molecule has 34 heavy (non-hydrogen) atoms. The zero-order valence-electron chi connectivity index (χ0n) is 18.9. The third-order valence-electron chi connectivity index (χ3n) is 6.64. The highest BCUT2D eigenvalue weighted by Crippen LogP contribution is 2.35. The average molecular weight is 435 g/mol. The molecule has 0 aliphatic heterocycles. The number of benzene rings is 5. The molecule has 1 heterocycles. The third-order valence-corrected chi connectivity index (χ3v) is 6.64. The van der Waals surface area contributed by atoms with Crippen molar-refractivity contribution >= 4 is 27.5 Å². The Balaban J connectivity index is 1.41. The quantitative estimate of drug-likeness (QED) is 0.246. The van der Waals surface area contributed by atoms with Gasteiger partial charge in [-0.1, -0.05) is 84.9 Å². The molecule has 0 spiro atoms. The molecule has 0 radical (unpaired) electrons. The monoisotopic (exact) mass is 434 g/mol. The molecule has 0 aliphatic carbocycles. The van der Waals surface area contributed by atoms with Crippen LogP contribution in [0.25, 0.3) is 60.0 Å². The molecular formula is C32H22N2. The number of hydrogen-bond donors (Lipinski definition) is 0. The molecule has 0 fully saturated rings. The molecule has 1 aromatic heterocycles. The van der Waals surface area contributed by atoms with Crippen LogP contribution in [0.4, 0.5) is 5.69 Å². The van der Waals surface area contributed by atoms with E-state index in [0.29, 0.717) is 5.69 Å². The molecule has 0 atom stereocenters. The Kier molecular flexibility index (Phi) is 4.75. The van der Waals surface area contributed by atoms with E-state index in [-0.39, 0.29) is 0 Å². The van der Waals surface area contributed by atoms with Gasteiger partial charge in [0.15, 0.2) is 5.69 Å². The van der Waals surface area contributed by atoms with Gasteiger partial charge >= 0.3 is 0 Å². The first-order valence-corrected chi connectivity index (χ1v) is 11.4. The Hall–Kier alpha value is -4.61. The zero-order valence-corrected chi connectivity index (χ0v) is 18.9. The van der Waals surface area contributed by atoms with Crippen LogP contribution in [0.1, 0.15) is 0 Å². The Labute approximate surface area is 199 Å². The normalized spacial score (nSPS) is 11.1. The maximum absolute atomic E-state index is 7.40. The molecule has 2 heteroatoms. The van der Waals surface area contributed by atoms with Crippen LogP contribution in [0.5, 0.6) is 0 Å². The maximum atomic E-state index is 7.40. The van der Waals surface area contributed by atoms with E-state index in [1.165, 1.54) is 44.3 Å². The van der Waals surface area contributed by atoms with E-state index in [0.717, 1.165) is 10.9 Å². The molecule has 2 nitrogen and oxygen atoms in total. The van der Waals surface area contributed by atoms with Crippen LogP contribution in [0, 0.1) is 6.57 Å². The van der Waals surface area contributed by atoms with Crippen LogP contribution >= 0.6 is 0 Å². The van der Waals surface area contributed by atoms with Crippen molar-refractivity contribution < 1.29 is 0 Å². The zero-order chi connectivity index (χ0) is 23.1. The van der Waals surface area contributed by atoms with E-state index in [1.54, 1.807) is 0 Å². The van der Waals surface area contributed by atoms with E-state index >= 15 is 0 Å². The average Bonchev–Trinajstić information content (AvgIpc) is 3.20. The third kappa shape index (κ3) is 3.36. The molecule has 160 valence electrons. The standard InChI is InChI=1S/C32H22N2/c1-33-28-16-18-32-30(21-28)29-20-27(15-17-31(29)34(32)2)26-10-6-9-25(19-26)24-13-11-23(12-14-24)22-7-4-3-5-8-22/h3-21H,2H3. The first-order chi connectivity index (χ1) is 16.7. The summed E-state index contributed by atoms with van der Waals surface area (Å²) in [5, 5.41) is 2.30. The summed E-state index contributed by atoms with van der Waals surface area (Å²) in [5.74, 6) is 0. The second-order valence-electron chi connectivity index (χ2n) is 8.63. The first kappa shape index (κ1) is 20.0. The van der Waals surface area contributed by atoms with Crippen molar-refractivity contribution in [1.29, 1.82) is 0 Å². The van der Waals surface area contributed by atoms with E-state index in [4.69, 9.17) is 6.57 Å². The number of aryl methyl sites for hydroxylation is 1. The van der Waals surface area contributed by atoms with E-state index in [1.807, 2.05) is 24.3 Å². The lowest BCUT2D eigenvalue weighted by atomic mass is 9.96. The van der Waals surface area contributed by atoms with Gasteiger partial charge in [-0.25, -0.2) is 4.85 Å². The molecule has 0 saturated carbocycles. The van der Waals surface area contributed by atoms with Gasteiger partial charge in [-0.2, -0.15) is 0 Å². The minimum absolute atomic E-state index is 0.673. The summed E-state index contributed by atoms with van der Waals surface area (Å²) >= 11 is 0. The molecule has 0 saturated heterocycles. The number of aromatic nitrogens is 1. The first-order valence-electron chi connectivity index (χ1n) is 11.4. The SMILES string of the molecule is [C-]#[N+]c1ccc2c(c1)c1cc(-c3cccc(-c4ccc(-c5ccccc5)cc4)c3)ccc1n2C. The summed E-state index contributed by atoms with van der Waals surface area (Å²) in [6, 6.07) is 40.5. The van der Waals surface area contributed by atoms with Gasteiger partial charge in [-0.15, -0.1) is 0 Å². The van der Waals surface area contributed by atoms with Crippen LogP contribution in [-0.4, -0.2) is 4.57 Å². The highest BCUT2D eigenvalue weighted by molar-refractivity contribution is 6.10. The topological polar surface area (TPSA) is 9.29 Å². The molecule has 6 rings (SSSR count). The van der Waals surface area contributed by atoms with Crippen molar-refractivity contribution in [1.82, 2.24) is 4.57 Å². The van der Waals surface area contributed by atoms with E-state index in [2.05, 4.69) is 107 Å². The van der Waals surface area contributed by atoms with Crippen LogP contribution in [-0.2, 0) is 7.05 Å².